The summed E-state index contributed by atoms with van der Waals surface area (Å²) in [5.41, 5.74) is 1.45. The van der Waals surface area contributed by atoms with E-state index in [1.54, 1.807) is 19.1 Å². The molecular weight excluding hydrogens is 304 g/mol. The Labute approximate surface area is 144 Å². The molecule has 0 unspecified atom stereocenters. The lowest BCUT2D eigenvalue weighted by Crippen LogP contribution is -2.45. The van der Waals surface area contributed by atoms with Crippen molar-refractivity contribution in [2.45, 2.75) is 51.7 Å². The Morgan fingerprint density at radius 2 is 1.79 bits per heavy atom. The highest BCUT2D eigenvalue weighted by molar-refractivity contribution is 5.92. The fourth-order valence-corrected chi connectivity index (χ4v) is 3.01. The minimum absolute atomic E-state index is 0.187. The second kappa shape index (κ2) is 8.18. The summed E-state index contributed by atoms with van der Waals surface area (Å²) in [6.45, 7) is 3.78. The lowest BCUT2D eigenvalue weighted by Gasteiger charge is -2.30. The van der Waals surface area contributed by atoms with Crippen LogP contribution < -0.4 is 10.2 Å². The number of ether oxygens (including phenoxy) is 1. The molecule has 3 atom stereocenters. The summed E-state index contributed by atoms with van der Waals surface area (Å²) in [5, 5.41) is 3.03. The predicted octanol–water partition coefficient (Wildman–Crippen LogP) is 2.99. The maximum Gasteiger partial charge on any atom is 0.338 e. The van der Waals surface area contributed by atoms with Gasteiger partial charge in [0.1, 0.15) is 0 Å². The van der Waals surface area contributed by atoms with E-state index in [0.29, 0.717) is 11.5 Å². The van der Waals surface area contributed by atoms with Gasteiger partial charge < -0.3 is 15.0 Å². The van der Waals surface area contributed by atoms with Crippen molar-refractivity contribution in [2.75, 3.05) is 19.0 Å². The van der Waals surface area contributed by atoms with Crippen LogP contribution in [0.1, 0.15) is 49.9 Å². The molecule has 2 rings (SSSR count). The van der Waals surface area contributed by atoms with Crippen LogP contribution in [0, 0.1) is 5.92 Å². The Morgan fingerprint density at radius 3 is 2.38 bits per heavy atom. The summed E-state index contributed by atoms with van der Waals surface area (Å²) in [4.78, 5) is 26.4. The lowest BCUT2D eigenvalue weighted by molar-refractivity contribution is -0.130. The van der Waals surface area contributed by atoms with Crippen molar-refractivity contribution in [3.8, 4) is 0 Å². The molecule has 0 radical (unpaired) electrons. The second-order valence-corrected chi connectivity index (χ2v) is 6.87. The molecule has 5 heteroatoms. The van der Waals surface area contributed by atoms with E-state index < -0.39 is 12.1 Å². The minimum Gasteiger partial charge on any atom is -0.449 e. The Morgan fingerprint density at radius 1 is 1.17 bits per heavy atom. The van der Waals surface area contributed by atoms with Crippen molar-refractivity contribution in [2.24, 2.45) is 5.92 Å². The van der Waals surface area contributed by atoms with Crippen LogP contribution in [0.15, 0.2) is 24.3 Å². The van der Waals surface area contributed by atoms with E-state index in [9.17, 15) is 9.59 Å². The third kappa shape index (κ3) is 4.73. The molecule has 1 saturated carbocycles. The third-order valence-electron chi connectivity index (χ3n) is 4.71. The molecule has 1 aliphatic carbocycles. The van der Waals surface area contributed by atoms with Crippen molar-refractivity contribution in [3.63, 3.8) is 0 Å². The fraction of sp³-hybridized carbons (Fsp3) is 0.579. The lowest BCUT2D eigenvalue weighted by atomic mass is 9.86. The number of carbonyl (C=O) groups excluding carboxylic acids is 2. The van der Waals surface area contributed by atoms with Gasteiger partial charge in [0.2, 0.25) is 0 Å². The molecule has 0 aromatic heterocycles. The number of rotatable bonds is 5. The van der Waals surface area contributed by atoms with Crippen LogP contribution in [0.4, 0.5) is 5.69 Å². The van der Waals surface area contributed by atoms with Crippen LogP contribution in [0.5, 0.6) is 0 Å². The van der Waals surface area contributed by atoms with Gasteiger partial charge in [-0.15, -0.1) is 0 Å². The molecule has 0 aliphatic heterocycles. The number of esters is 1. The van der Waals surface area contributed by atoms with E-state index in [1.807, 2.05) is 31.1 Å². The predicted molar refractivity (Wildman–Crippen MR) is 95.2 cm³/mol. The zero-order valence-corrected chi connectivity index (χ0v) is 15.0. The quantitative estimate of drug-likeness (QED) is 0.842. The Bertz CT molecular complexity index is 568. The molecule has 132 valence electrons. The number of hydrogen-bond acceptors (Lipinski definition) is 4. The smallest absolute Gasteiger partial charge is 0.338 e. The molecular formula is C19H28N2O3. The van der Waals surface area contributed by atoms with Crippen molar-refractivity contribution >= 4 is 17.6 Å². The molecule has 1 fully saturated rings. The summed E-state index contributed by atoms with van der Waals surface area (Å²) in [5.74, 6) is -0.212. The van der Waals surface area contributed by atoms with Gasteiger partial charge in [0.25, 0.3) is 5.91 Å². The van der Waals surface area contributed by atoms with Gasteiger partial charge in [-0.2, -0.15) is 0 Å². The van der Waals surface area contributed by atoms with Crippen molar-refractivity contribution < 1.29 is 14.3 Å². The summed E-state index contributed by atoms with van der Waals surface area (Å²) in [6, 6.07) is 7.32. The van der Waals surface area contributed by atoms with Crippen molar-refractivity contribution in [3.05, 3.63) is 29.8 Å². The van der Waals surface area contributed by atoms with Crippen LogP contribution >= 0.6 is 0 Å². The van der Waals surface area contributed by atoms with E-state index in [2.05, 4.69) is 12.2 Å². The van der Waals surface area contributed by atoms with Gasteiger partial charge in [0.05, 0.1) is 5.56 Å². The molecule has 0 saturated heterocycles. The molecule has 1 N–H and O–H groups in total. The van der Waals surface area contributed by atoms with E-state index in [4.69, 9.17) is 4.74 Å². The molecule has 1 amide bonds. The normalized spacial score (nSPS) is 21.7. The average Bonchev–Trinajstić information content (AvgIpc) is 2.56. The van der Waals surface area contributed by atoms with Crippen molar-refractivity contribution in [1.82, 2.24) is 5.32 Å². The average molecular weight is 332 g/mol. The van der Waals surface area contributed by atoms with Crippen LogP contribution in [0.3, 0.4) is 0 Å². The van der Waals surface area contributed by atoms with Crippen molar-refractivity contribution in [1.29, 1.82) is 0 Å². The van der Waals surface area contributed by atoms with Gasteiger partial charge in [-0.05, 0) is 49.9 Å². The zero-order valence-electron chi connectivity index (χ0n) is 15.0. The molecule has 1 aromatic rings. The van der Waals surface area contributed by atoms with Gasteiger partial charge >= 0.3 is 5.97 Å². The van der Waals surface area contributed by atoms with E-state index >= 15 is 0 Å². The number of benzene rings is 1. The first-order chi connectivity index (χ1) is 11.4. The SMILES string of the molecule is C[C@@H]1CCCC[C@H]1NC(=O)[C@@H](C)OC(=O)c1ccc(N(C)C)cc1. The molecule has 0 heterocycles. The highest BCUT2D eigenvalue weighted by atomic mass is 16.5. The summed E-state index contributed by atoms with van der Waals surface area (Å²) in [7, 11) is 3.87. The first kappa shape index (κ1) is 18.3. The standard InChI is InChI=1S/C19H28N2O3/c1-13-7-5-6-8-17(13)20-18(22)14(2)24-19(23)15-9-11-16(12-10-15)21(3)4/h9-14,17H,5-8H2,1-4H3,(H,20,22)/t13-,14-,17-/m1/s1. The maximum absolute atomic E-state index is 12.3. The van der Waals surface area contributed by atoms with Gasteiger partial charge in [-0.1, -0.05) is 19.8 Å². The number of nitrogens with zero attached hydrogens (tertiary/aromatic N) is 1. The first-order valence-electron chi connectivity index (χ1n) is 8.67. The van der Waals surface area contributed by atoms with E-state index in [1.165, 1.54) is 6.42 Å². The molecule has 24 heavy (non-hydrogen) atoms. The molecule has 0 bridgehead atoms. The highest BCUT2D eigenvalue weighted by Crippen LogP contribution is 2.23. The molecule has 1 aromatic carbocycles. The Hall–Kier alpha value is -2.04. The third-order valence-corrected chi connectivity index (χ3v) is 4.71. The minimum atomic E-state index is -0.792. The fourth-order valence-electron chi connectivity index (χ4n) is 3.01. The van der Waals surface area contributed by atoms with Gasteiger partial charge in [0, 0.05) is 25.8 Å². The van der Waals surface area contributed by atoms with Crippen LogP contribution in [-0.2, 0) is 9.53 Å². The van der Waals surface area contributed by atoms with Gasteiger partial charge in [-0.3, -0.25) is 4.79 Å². The van der Waals surface area contributed by atoms with Crippen LogP contribution in [-0.4, -0.2) is 38.1 Å². The number of hydrogen-bond donors (Lipinski definition) is 1. The molecule has 1 aliphatic rings. The summed E-state index contributed by atoms with van der Waals surface area (Å²) >= 11 is 0. The first-order valence-corrected chi connectivity index (χ1v) is 8.67. The van der Waals surface area contributed by atoms with E-state index in [0.717, 1.165) is 24.9 Å². The number of anilines is 1. The van der Waals surface area contributed by atoms with E-state index in [-0.39, 0.29) is 11.9 Å². The Balaban J connectivity index is 1.89. The van der Waals surface area contributed by atoms with Gasteiger partial charge in [0.15, 0.2) is 6.10 Å². The van der Waals surface area contributed by atoms with Crippen LogP contribution in [0.2, 0.25) is 0 Å². The van der Waals surface area contributed by atoms with Gasteiger partial charge in [-0.25, -0.2) is 4.79 Å². The van der Waals surface area contributed by atoms with Crippen LogP contribution in [0.25, 0.3) is 0 Å². The maximum atomic E-state index is 12.3. The summed E-state index contributed by atoms with van der Waals surface area (Å²) < 4.78 is 5.31. The topological polar surface area (TPSA) is 58.6 Å². The zero-order chi connectivity index (χ0) is 17.7. The largest absolute Gasteiger partial charge is 0.449 e. The number of amides is 1. The highest BCUT2D eigenvalue weighted by Gasteiger charge is 2.26. The Kier molecular flexibility index (Phi) is 6.23. The summed E-state index contributed by atoms with van der Waals surface area (Å²) in [6.07, 6.45) is 3.71. The molecule has 0 spiro atoms. The monoisotopic (exact) mass is 332 g/mol. The number of nitrogens with one attached hydrogen (secondary N) is 1. The second-order valence-electron chi connectivity index (χ2n) is 6.87. The number of carbonyl (C=O) groups is 2. The molecule has 5 nitrogen and oxygen atoms in total.